The summed E-state index contributed by atoms with van der Waals surface area (Å²) in [5.41, 5.74) is 1.54. The van der Waals surface area contributed by atoms with E-state index in [1.54, 1.807) is 25.1 Å². The summed E-state index contributed by atoms with van der Waals surface area (Å²) < 4.78 is 15.7. The minimum absolute atomic E-state index is 0.000495. The summed E-state index contributed by atoms with van der Waals surface area (Å²) in [6, 6.07) is 6.39. The molecule has 2 amide bonds. The Morgan fingerprint density at radius 1 is 1.29 bits per heavy atom. The molecule has 0 unspecified atom stereocenters. The molecule has 0 saturated carbocycles. The van der Waals surface area contributed by atoms with Gasteiger partial charge in [-0.2, -0.15) is 0 Å². The van der Waals surface area contributed by atoms with Crippen molar-refractivity contribution in [2.75, 3.05) is 13.3 Å². The van der Waals surface area contributed by atoms with Crippen LogP contribution < -0.4 is 14.8 Å². The molecular formula is C19H21N3O6. The van der Waals surface area contributed by atoms with E-state index in [9.17, 15) is 14.7 Å². The third kappa shape index (κ3) is 3.79. The zero-order chi connectivity index (χ0) is 19.7. The largest absolute Gasteiger partial charge is 0.454 e. The quantitative estimate of drug-likeness (QED) is 0.769. The maximum absolute atomic E-state index is 12.7. The molecule has 1 saturated heterocycles. The molecule has 4 rings (SSSR count). The fourth-order valence-electron chi connectivity index (χ4n) is 3.45. The van der Waals surface area contributed by atoms with Crippen molar-refractivity contribution < 1.29 is 28.7 Å². The standard InChI is InChI=1S/C19H21N3O6/c1-11-4-14(28-21-11)7-18(24)22-9-13(23)6-15(22)19(25)20-8-12-2-3-16-17(5-12)27-10-26-16/h2-5,13,15,23H,6-10H2,1H3,(H,20,25)/t13-,15+/m1/s1. The van der Waals surface area contributed by atoms with Gasteiger partial charge in [0, 0.05) is 25.6 Å². The molecule has 148 valence electrons. The van der Waals surface area contributed by atoms with Gasteiger partial charge in [-0.05, 0) is 24.6 Å². The van der Waals surface area contributed by atoms with Gasteiger partial charge in [0.2, 0.25) is 18.6 Å². The molecule has 0 radical (unpaired) electrons. The van der Waals surface area contributed by atoms with Crippen LogP contribution in [0.15, 0.2) is 28.8 Å². The predicted octanol–water partition coefficient (Wildman–Crippen LogP) is 0.532. The summed E-state index contributed by atoms with van der Waals surface area (Å²) in [6.07, 6.45) is -0.533. The second kappa shape index (κ2) is 7.51. The van der Waals surface area contributed by atoms with Crippen LogP contribution in [0, 0.1) is 6.92 Å². The molecule has 1 fully saturated rings. The molecule has 2 N–H and O–H groups in total. The van der Waals surface area contributed by atoms with Crippen LogP contribution in [-0.2, 0) is 22.6 Å². The number of nitrogens with one attached hydrogen (secondary N) is 1. The van der Waals surface area contributed by atoms with E-state index in [2.05, 4.69) is 10.5 Å². The molecule has 2 atom stereocenters. The van der Waals surface area contributed by atoms with E-state index < -0.39 is 12.1 Å². The Balaban J connectivity index is 1.38. The number of rotatable bonds is 5. The molecule has 9 nitrogen and oxygen atoms in total. The molecule has 2 aliphatic rings. The Hall–Kier alpha value is -3.07. The van der Waals surface area contributed by atoms with Crippen molar-refractivity contribution in [3.63, 3.8) is 0 Å². The highest BCUT2D eigenvalue weighted by molar-refractivity contribution is 5.89. The Labute approximate surface area is 161 Å². The smallest absolute Gasteiger partial charge is 0.243 e. The number of aromatic nitrogens is 1. The van der Waals surface area contributed by atoms with Gasteiger partial charge in [0.15, 0.2) is 11.5 Å². The lowest BCUT2D eigenvalue weighted by atomic mass is 10.1. The van der Waals surface area contributed by atoms with Crippen LogP contribution >= 0.6 is 0 Å². The lowest BCUT2D eigenvalue weighted by molar-refractivity contribution is -0.138. The summed E-state index contributed by atoms with van der Waals surface area (Å²) in [5, 5.41) is 16.6. The first kappa shape index (κ1) is 18.3. The average Bonchev–Trinajstić information content (AvgIpc) is 3.39. The molecule has 28 heavy (non-hydrogen) atoms. The van der Waals surface area contributed by atoms with Crippen LogP contribution in [-0.4, -0.2) is 52.5 Å². The molecule has 3 heterocycles. The Bertz CT molecular complexity index is 896. The van der Waals surface area contributed by atoms with Gasteiger partial charge in [-0.15, -0.1) is 0 Å². The fourth-order valence-corrected chi connectivity index (χ4v) is 3.45. The van der Waals surface area contributed by atoms with Gasteiger partial charge in [0.1, 0.15) is 11.8 Å². The number of hydrogen-bond acceptors (Lipinski definition) is 7. The van der Waals surface area contributed by atoms with Crippen LogP contribution in [0.3, 0.4) is 0 Å². The number of benzene rings is 1. The van der Waals surface area contributed by atoms with Crippen molar-refractivity contribution >= 4 is 11.8 Å². The lowest BCUT2D eigenvalue weighted by Crippen LogP contribution is -2.46. The van der Waals surface area contributed by atoms with E-state index in [-0.39, 0.29) is 44.5 Å². The van der Waals surface area contributed by atoms with Gasteiger partial charge in [0.25, 0.3) is 0 Å². The average molecular weight is 387 g/mol. The summed E-state index contributed by atoms with van der Waals surface area (Å²) in [7, 11) is 0. The minimum Gasteiger partial charge on any atom is -0.454 e. The van der Waals surface area contributed by atoms with Crippen LogP contribution in [0.25, 0.3) is 0 Å². The molecule has 2 aliphatic heterocycles. The second-order valence-corrected chi connectivity index (χ2v) is 6.97. The summed E-state index contributed by atoms with van der Waals surface area (Å²) in [4.78, 5) is 26.7. The number of nitrogens with zero attached hydrogens (tertiary/aromatic N) is 2. The third-order valence-electron chi connectivity index (χ3n) is 4.81. The van der Waals surface area contributed by atoms with Crippen molar-refractivity contribution in [3.05, 3.63) is 41.3 Å². The molecule has 1 aromatic carbocycles. The molecule has 2 aromatic rings. The first-order chi connectivity index (χ1) is 13.5. The Morgan fingerprint density at radius 2 is 2.11 bits per heavy atom. The van der Waals surface area contributed by atoms with Gasteiger partial charge in [-0.3, -0.25) is 9.59 Å². The molecule has 0 aliphatic carbocycles. The van der Waals surface area contributed by atoms with Gasteiger partial charge >= 0.3 is 0 Å². The van der Waals surface area contributed by atoms with E-state index in [1.165, 1.54) is 4.90 Å². The van der Waals surface area contributed by atoms with Gasteiger partial charge in [0.05, 0.1) is 18.2 Å². The number of β-amino-alcohol motifs (C(OH)–C–C–N with tert-alkyl or cyclic N) is 1. The van der Waals surface area contributed by atoms with Crippen molar-refractivity contribution in [3.8, 4) is 11.5 Å². The number of aliphatic hydroxyl groups is 1. The molecule has 1 aromatic heterocycles. The zero-order valence-electron chi connectivity index (χ0n) is 15.4. The van der Waals surface area contributed by atoms with Gasteiger partial charge < -0.3 is 29.3 Å². The van der Waals surface area contributed by atoms with Crippen molar-refractivity contribution in [1.29, 1.82) is 0 Å². The molecule has 0 bridgehead atoms. The second-order valence-electron chi connectivity index (χ2n) is 6.97. The maximum Gasteiger partial charge on any atom is 0.243 e. The number of fused-ring (bicyclic) bond motifs is 1. The summed E-state index contributed by atoms with van der Waals surface area (Å²) >= 11 is 0. The summed E-state index contributed by atoms with van der Waals surface area (Å²) in [6.45, 7) is 2.36. The lowest BCUT2D eigenvalue weighted by Gasteiger charge is -2.23. The first-order valence-electron chi connectivity index (χ1n) is 9.05. The Kier molecular flexibility index (Phi) is 4.91. The number of aryl methyl sites for hydroxylation is 1. The number of carbonyl (C=O) groups is 2. The van der Waals surface area contributed by atoms with E-state index in [1.807, 2.05) is 6.07 Å². The van der Waals surface area contributed by atoms with Crippen LogP contribution in [0.4, 0.5) is 0 Å². The highest BCUT2D eigenvalue weighted by atomic mass is 16.7. The monoisotopic (exact) mass is 387 g/mol. The number of hydrogen-bond donors (Lipinski definition) is 2. The number of likely N-dealkylation sites (tertiary alicyclic amines) is 1. The number of carbonyl (C=O) groups excluding carboxylic acids is 2. The SMILES string of the molecule is Cc1cc(CC(=O)N2C[C@H](O)C[C@H]2C(=O)NCc2ccc3c(c2)OCO3)on1. The highest BCUT2D eigenvalue weighted by Gasteiger charge is 2.38. The fraction of sp³-hybridized carbons (Fsp3) is 0.421. The number of amides is 2. The van der Waals surface area contributed by atoms with Crippen molar-refractivity contribution in [1.82, 2.24) is 15.4 Å². The van der Waals surface area contributed by atoms with Crippen LogP contribution in [0.2, 0.25) is 0 Å². The third-order valence-corrected chi connectivity index (χ3v) is 4.81. The minimum atomic E-state index is -0.735. The number of aliphatic hydroxyl groups excluding tert-OH is 1. The molecule has 9 heteroatoms. The van der Waals surface area contributed by atoms with Crippen molar-refractivity contribution in [2.45, 2.75) is 38.5 Å². The van der Waals surface area contributed by atoms with Crippen LogP contribution in [0.5, 0.6) is 11.5 Å². The van der Waals surface area contributed by atoms with E-state index in [4.69, 9.17) is 14.0 Å². The molecular weight excluding hydrogens is 366 g/mol. The van der Waals surface area contributed by atoms with E-state index in [0.717, 1.165) is 5.56 Å². The van der Waals surface area contributed by atoms with Crippen LogP contribution in [0.1, 0.15) is 23.4 Å². The highest BCUT2D eigenvalue weighted by Crippen LogP contribution is 2.32. The number of ether oxygens (including phenoxy) is 2. The first-order valence-corrected chi connectivity index (χ1v) is 9.05. The van der Waals surface area contributed by atoms with Crippen molar-refractivity contribution in [2.24, 2.45) is 0 Å². The topological polar surface area (TPSA) is 114 Å². The van der Waals surface area contributed by atoms with E-state index >= 15 is 0 Å². The predicted molar refractivity (Wildman–Crippen MR) is 95.5 cm³/mol. The zero-order valence-corrected chi connectivity index (χ0v) is 15.4. The van der Waals surface area contributed by atoms with Gasteiger partial charge in [-0.25, -0.2) is 0 Å². The van der Waals surface area contributed by atoms with E-state index in [0.29, 0.717) is 23.0 Å². The molecule has 0 spiro atoms. The Morgan fingerprint density at radius 3 is 2.89 bits per heavy atom. The maximum atomic E-state index is 12.7. The van der Waals surface area contributed by atoms with Gasteiger partial charge in [-0.1, -0.05) is 11.2 Å². The summed E-state index contributed by atoms with van der Waals surface area (Å²) in [5.74, 6) is 1.16. The normalized spacial score (nSPS) is 20.4.